The molecule has 0 aliphatic rings. The fourth-order valence-electron chi connectivity index (χ4n) is 1.86. The molecule has 21 heavy (non-hydrogen) atoms. The summed E-state index contributed by atoms with van der Waals surface area (Å²) in [7, 11) is -2.13. The van der Waals surface area contributed by atoms with E-state index in [1.54, 1.807) is 17.9 Å². The quantitative estimate of drug-likeness (QED) is 0.774. The summed E-state index contributed by atoms with van der Waals surface area (Å²) in [5.41, 5.74) is 3.06. The SMILES string of the molecule is Cn1c(=O)oc2cc(S(=O)(=O)NCc3cscn3)ccc21. The second-order valence-electron chi connectivity index (χ2n) is 4.36. The Morgan fingerprint density at radius 1 is 1.43 bits per heavy atom. The summed E-state index contributed by atoms with van der Waals surface area (Å²) in [6, 6.07) is 4.30. The van der Waals surface area contributed by atoms with Gasteiger partial charge in [-0.1, -0.05) is 0 Å². The summed E-state index contributed by atoms with van der Waals surface area (Å²) in [5, 5.41) is 1.77. The van der Waals surface area contributed by atoms with Gasteiger partial charge < -0.3 is 4.42 Å². The van der Waals surface area contributed by atoms with E-state index in [0.717, 1.165) is 0 Å². The average Bonchev–Trinajstić information content (AvgIpc) is 3.06. The molecule has 1 aromatic carbocycles. The first-order valence-corrected chi connectivity index (χ1v) is 8.36. The van der Waals surface area contributed by atoms with E-state index in [4.69, 9.17) is 4.42 Å². The molecule has 3 rings (SSSR count). The van der Waals surface area contributed by atoms with Gasteiger partial charge in [-0.15, -0.1) is 11.3 Å². The minimum Gasteiger partial charge on any atom is -0.408 e. The second-order valence-corrected chi connectivity index (χ2v) is 6.85. The number of oxazole rings is 1. The standard InChI is InChI=1S/C12H11N3O4S2/c1-15-10-3-2-9(4-11(10)19-12(15)16)21(17,18)14-5-8-6-20-7-13-8/h2-4,6-7,14H,5H2,1H3. The third-order valence-corrected chi connectivity index (χ3v) is 5.04. The molecule has 0 bridgehead atoms. The third-order valence-electron chi connectivity index (χ3n) is 3.00. The molecule has 0 saturated carbocycles. The lowest BCUT2D eigenvalue weighted by Crippen LogP contribution is -2.23. The number of benzene rings is 1. The lowest BCUT2D eigenvalue weighted by molar-refractivity contribution is 0.527. The molecule has 7 nitrogen and oxygen atoms in total. The van der Waals surface area contributed by atoms with Gasteiger partial charge in [-0.3, -0.25) is 4.57 Å². The highest BCUT2D eigenvalue weighted by atomic mass is 32.2. The molecule has 2 aromatic heterocycles. The minimum atomic E-state index is -3.69. The number of aryl methyl sites for hydroxylation is 1. The van der Waals surface area contributed by atoms with E-state index in [9.17, 15) is 13.2 Å². The van der Waals surface area contributed by atoms with Crippen LogP contribution in [0.4, 0.5) is 0 Å². The maximum atomic E-state index is 12.2. The van der Waals surface area contributed by atoms with Gasteiger partial charge in [0, 0.05) is 18.5 Å². The number of nitrogens with one attached hydrogen (secondary N) is 1. The van der Waals surface area contributed by atoms with Crippen molar-refractivity contribution in [1.82, 2.24) is 14.3 Å². The Balaban J connectivity index is 1.93. The topological polar surface area (TPSA) is 94.2 Å². The number of sulfonamides is 1. The van der Waals surface area contributed by atoms with Crippen molar-refractivity contribution < 1.29 is 12.8 Å². The Labute approximate surface area is 123 Å². The van der Waals surface area contributed by atoms with Crippen LogP contribution in [-0.2, 0) is 23.6 Å². The van der Waals surface area contributed by atoms with E-state index < -0.39 is 15.8 Å². The Morgan fingerprint density at radius 3 is 2.95 bits per heavy atom. The van der Waals surface area contributed by atoms with Gasteiger partial charge in [0.05, 0.1) is 28.2 Å². The highest BCUT2D eigenvalue weighted by Gasteiger charge is 2.17. The van der Waals surface area contributed by atoms with Crippen molar-refractivity contribution in [1.29, 1.82) is 0 Å². The number of hydrogen-bond acceptors (Lipinski definition) is 6. The van der Waals surface area contributed by atoms with Crippen LogP contribution in [0.1, 0.15) is 5.69 Å². The lowest BCUT2D eigenvalue weighted by Gasteiger charge is -2.05. The molecule has 0 spiro atoms. The average molecular weight is 325 g/mol. The van der Waals surface area contributed by atoms with Gasteiger partial charge in [-0.25, -0.2) is 22.9 Å². The molecule has 1 N–H and O–H groups in total. The molecule has 3 aromatic rings. The fraction of sp³-hybridized carbons (Fsp3) is 0.167. The Hall–Kier alpha value is -1.97. The molecule has 0 saturated heterocycles. The van der Waals surface area contributed by atoms with Gasteiger partial charge in [0.1, 0.15) is 0 Å². The number of aromatic nitrogens is 2. The zero-order valence-corrected chi connectivity index (χ0v) is 12.6. The van der Waals surface area contributed by atoms with Crippen LogP contribution in [0.3, 0.4) is 0 Å². The summed E-state index contributed by atoms with van der Waals surface area (Å²) in [6.45, 7) is 0.114. The van der Waals surface area contributed by atoms with Crippen LogP contribution >= 0.6 is 11.3 Å². The second kappa shape index (κ2) is 5.10. The van der Waals surface area contributed by atoms with E-state index in [2.05, 4.69) is 9.71 Å². The highest BCUT2D eigenvalue weighted by molar-refractivity contribution is 7.89. The van der Waals surface area contributed by atoms with E-state index in [1.165, 1.54) is 34.1 Å². The molecule has 110 valence electrons. The number of fused-ring (bicyclic) bond motifs is 1. The van der Waals surface area contributed by atoms with Crippen LogP contribution in [0.2, 0.25) is 0 Å². The number of rotatable bonds is 4. The minimum absolute atomic E-state index is 0.0413. The summed E-state index contributed by atoms with van der Waals surface area (Å²) in [5.74, 6) is -0.532. The summed E-state index contributed by atoms with van der Waals surface area (Å²) in [4.78, 5) is 15.5. The van der Waals surface area contributed by atoms with Gasteiger partial charge in [-0.2, -0.15) is 0 Å². The molecular weight excluding hydrogens is 314 g/mol. The maximum Gasteiger partial charge on any atom is 0.419 e. The molecule has 0 aliphatic carbocycles. The van der Waals surface area contributed by atoms with Crippen molar-refractivity contribution in [3.63, 3.8) is 0 Å². The molecule has 0 radical (unpaired) electrons. The van der Waals surface area contributed by atoms with Crippen LogP contribution in [0.25, 0.3) is 11.1 Å². The molecular formula is C12H11N3O4S2. The molecule has 0 unspecified atom stereocenters. The van der Waals surface area contributed by atoms with Crippen LogP contribution < -0.4 is 10.5 Å². The summed E-state index contributed by atoms with van der Waals surface area (Å²) < 4.78 is 33.2. The number of hydrogen-bond donors (Lipinski definition) is 1. The van der Waals surface area contributed by atoms with Crippen LogP contribution in [0.5, 0.6) is 0 Å². The Morgan fingerprint density at radius 2 is 2.24 bits per heavy atom. The fourth-order valence-corrected chi connectivity index (χ4v) is 3.43. The first-order chi connectivity index (χ1) is 9.97. The summed E-state index contributed by atoms with van der Waals surface area (Å²) >= 11 is 1.39. The van der Waals surface area contributed by atoms with Crippen molar-refractivity contribution >= 4 is 32.5 Å². The van der Waals surface area contributed by atoms with Gasteiger partial charge in [0.25, 0.3) is 0 Å². The van der Waals surface area contributed by atoms with Gasteiger partial charge in [-0.05, 0) is 12.1 Å². The molecule has 2 heterocycles. The zero-order chi connectivity index (χ0) is 15.0. The molecule has 0 atom stereocenters. The Kier molecular flexibility index (Phi) is 3.40. The van der Waals surface area contributed by atoms with E-state index in [0.29, 0.717) is 11.2 Å². The number of thiazole rings is 1. The van der Waals surface area contributed by atoms with Crippen molar-refractivity contribution in [2.24, 2.45) is 7.05 Å². The van der Waals surface area contributed by atoms with Crippen LogP contribution in [0, 0.1) is 0 Å². The van der Waals surface area contributed by atoms with E-state index >= 15 is 0 Å². The van der Waals surface area contributed by atoms with Gasteiger partial charge in [0.2, 0.25) is 10.0 Å². The number of nitrogens with zero attached hydrogens (tertiary/aromatic N) is 2. The van der Waals surface area contributed by atoms with E-state index in [1.807, 2.05) is 0 Å². The Bertz CT molecular complexity index is 939. The lowest BCUT2D eigenvalue weighted by atomic mass is 10.3. The smallest absolute Gasteiger partial charge is 0.408 e. The highest BCUT2D eigenvalue weighted by Crippen LogP contribution is 2.18. The first-order valence-electron chi connectivity index (χ1n) is 5.94. The van der Waals surface area contributed by atoms with Crippen LogP contribution in [0.15, 0.2) is 43.2 Å². The van der Waals surface area contributed by atoms with Crippen molar-refractivity contribution in [3.8, 4) is 0 Å². The third kappa shape index (κ3) is 2.62. The zero-order valence-electron chi connectivity index (χ0n) is 10.9. The van der Waals surface area contributed by atoms with Crippen LogP contribution in [-0.4, -0.2) is 18.0 Å². The van der Waals surface area contributed by atoms with E-state index in [-0.39, 0.29) is 17.0 Å². The van der Waals surface area contributed by atoms with Gasteiger partial charge >= 0.3 is 5.76 Å². The molecule has 0 amide bonds. The maximum absolute atomic E-state index is 12.2. The molecule has 0 aliphatic heterocycles. The summed E-state index contributed by atoms with van der Waals surface area (Å²) in [6.07, 6.45) is 0. The monoisotopic (exact) mass is 325 g/mol. The largest absolute Gasteiger partial charge is 0.419 e. The van der Waals surface area contributed by atoms with Gasteiger partial charge in [0.15, 0.2) is 5.58 Å². The predicted molar refractivity (Wildman–Crippen MR) is 77.6 cm³/mol. The first kappa shape index (κ1) is 14.0. The van der Waals surface area contributed by atoms with Crippen molar-refractivity contribution in [3.05, 3.63) is 45.3 Å². The normalized spacial score (nSPS) is 12.0. The van der Waals surface area contributed by atoms with Crippen molar-refractivity contribution in [2.45, 2.75) is 11.4 Å². The van der Waals surface area contributed by atoms with Crippen molar-refractivity contribution in [2.75, 3.05) is 0 Å². The molecule has 9 heteroatoms. The molecule has 0 fully saturated rings. The predicted octanol–water partition coefficient (Wildman–Crippen LogP) is 1.07.